The second kappa shape index (κ2) is 7.50. The molecule has 1 aromatic rings. The van der Waals surface area contributed by atoms with Gasteiger partial charge in [-0.1, -0.05) is 25.4 Å². The summed E-state index contributed by atoms with van der Waals surface area (Å²) in [7, 11) is 0. The largest absolute Gasteiger partial charge is 0.491 e. The lowest BCUT2D eigenvalue weighted by atomic mass is 10.0. The molecule has 0 saturated heterocycles. The van der Waals surface area contributed by atoms with Gasteiger partial charge in [0, 0.05) is 17.1 Å². The van der Waals surface area contributed by atoms with E-state index < -0.39 is 12.0 Å². The molecule has 0 bridgehead atoms. The summed E-state index contributed by atoms with van der Waals surface area (Å²) in [6, 6.07) is 4.77. The number of carboxylic acid groups (broad SMARTS) is 1. The number of nitrogens with one attached hydrogen (secondary N) is 1. The van der Waals surface area contributed by atoms with Crippen molar-refractivity contribution in [1.82, 2.24) is 5.32 Å². The first-order valence-electron chi connectivity index (χ1n) is 6.72. The molecule has 5 heteroatoms. The van der Waals surface area contributed by atoms with Crippen LogP contribution in [0.4, 0.5) is 0 Å². The first kappa shape index (κ1) is 16.8. The maximum absolute atomic E-state index is 11.2. The quantitative estimate of drug-likeness (QED) is 0.811. The van der Waals surface area contributed by atoms with E-state index in [9.17, 15) is 9.90 Å². The zero-order valence-electron chi connectivity index (χ0n) is 12.3. The molecule has 20 heavy (non-hydrogen) atoms. The van der Waals surface area contributed by atoms with Crippen LogP contribution < -0.4 is 10.1 Å². The topological polar surface area (TPSA) is 58.6 Å². The average Bonchev–Trinajstić information content (AvgIpc) is 2.31. The first-order chi connectivity index (χ1) is 9.31. The van der Waals surface area contributed by atoms with Crippen LogP contribution in [0.25, 0.3) is 0 Å². The third kappa shape index (κ3) is 5.02. The van der Waals surface area contributed by atoms with Crippen molar-refractivity contribution in [3.8, 4) is 5.75 Å². The van der Waals surface area contributed by atoms with E-state index >= 15 is 0 Å². The van der Waals surface area contributed by atoms with Gasteiger partial charge in [-0.25, -0.2) is 0 Å². The Kier molecular flexibility index (Phi) is 6.30. The summed E-state index contributed by atoms with van der Waals surface area (Å²) in [5, 5.41) is 12.8. The van der Waals surface area contributed by atoms with E-state index in [0.29, 0.717) is 11.6 Å². The highest BCUT2D eigenvalue weighted by Gasteiger charge is 2.21. The summed E-state index contributed by atoms with van der Waals surface area (Å²) in [4.78, 5) is 11.2. The standard InChI is InChI=1S/C15H22ClNO3/c1-9(2)14(15(18)19)17-8-11-7-12(16)5-6-13(11)20-10(3)4/h5-7,9-10,14,17H,8H2,1-4H3,(H,18,19). The summed E-state index contributed by atoms with van der Waals surface area (Å²) in [5.41, 5.74) is 0.859. The second-order valence-corrected chi connectivity index (χ2v) is 5.80. The molecule has 4 nitrogen and oxygen atoms in total. The molecule has 0 aliphatic heterocycles. The van der Waals surface area contributed by atoms with Crippen LogP contribution in [0, 0.1) is 5.92 Å². The van der Waals surface area contributed by atoms with Crippen LogP contribution >= 0.6 is 11.6 Å². The lowest BCUT2D eigenvalue weighted by Gasteiger charge is -2.20. The molecule has 1 aromatic carbocycles. The lowest BCUT2D eigenvalue weighted by molar-refractivity contribution is -0.140. The van der Waals surface area contributed by atoms with E-state index in [0.717, 1.165) is 11.3 Å². The molecule has 1 atom stereocenters. The molecule has 0 aliphatic rings. The molecule has 0 saturated carbocycles. The SMILES string of the molecule is CC(C)Oc1ccc(Cl)cc1CNC(C(=O)O)C(C)C. The molecule has 0 fully saturated rings. The van der Waals surface area contributed by atoms with Crippen molar-refractivity contribution in [2.45, 2.75) is 46.4 Å². The molecule has 0 aromatic heterocycles. The van der Waals surface area contributed by atoms with E-state index in [4.69, 9.17) is 16.3 Å². The molecule has 112 valence electrons. The number of carboxylic acids is 1. The highest BCUT2D eigenvalue weighted by molar-refractivity contribution is 6.30. The Hall–Kier alpha value is -1.26. The van der Waals surface area contributed by atoms with Gasteiger partial charge in [0.25, 0.3) is 0 Å². The van der Waals surface area contributed by atoms with Crippen molar-refractivity contribution in [1.29, 1.82) is 0 Å². The first-order valence-corrected chi connectivity index (χ1v) is 7.10. The third-order valence-electron chi connectivity index (χ3n) is 2.83. The number of benzene rings is 1. The van der Waals surface area contributed by atoms with Crippen LogP contribution in [0.5, 0.6) is 5.75 Å². The maximum Gasteiger partial charge on any atom is 0.320 e. The van der Waals surface area contributed by atoms with E-state index in [2.05, 4.69) is 5.32 Å². The minimum Gasteiger partial charge on any atom is -0.491 e. The fourth-order valence-electron chi connectivity index (χ4n) is 1.88. The summed E-state index contributed by atoms with van der Waals surface area (Å²) in [6.45, 7) is 8.03. The van der Waals surface area contributed by atoms with E-state index in [1.54, 1.807) is 12.1 Å². The Labute approximate surface area is 125 Å². The van der Waals surface area contributed by atoms with Crippen LogP contribution in [0.3, 0.4) is 0 Å². The smallest absolute Gasteiger partial charge is 0.320 e. The fourth-order valence-corrected chi connectivity index (χ4v) is 2.08. The molecule has 0 amide bonds. The molecule has 2 N–H and O–H groups in total. The minimum absolute atomic E-state index is 0.00107. The number of aliphatic carboxylic acids is 1. The van der Waals surface area contributed by atoms with E-state index in [1.807, 2.05) is 33.8 Å². The van der Waals surface area contributed by atoms with Crippen LogP contribution in [0.15, 0.2) is 18.2 Å². The Morgan fingerprint density at radius 2 is 2.00 bits per heavy atom. The molecule has 1 unspecified atom stereocenters. The fraction of sp³-hybridized carbons (Fsp3) is 0.533. The van der Waals surface area contributed by atoms with E-state index in [-0.39, 0.29) is 12.0 Å². The van der Waals surface area contributed by atoms with Gasteiger partial charge in [0.1, 0.15) is 11.8 Å². The van der Waals surface area contributed by atoms with Crippen molar-refractivity contribution in [3.63, 3.8) is 0 Å². The normalized spacial score (nSPS) is 12.8. The van der Waals surface area contributed by atoms with Gasteiger partial charge in [-0.15, -0.1) is 0 Å². The van der Waals surface area contributed by atoms with Gasteiger partial charge >= 0.3 is 5.97 Å². The highest BCUT2D eigenvalue weighted by Crippen LogP contribution is 2.24. The van der Waals surface area contributed by atoms with Crippen molar-refractivity contribution >= 4 is 17.6 Å². The van der Waals surface area contributed by atoms with Gasteiger partial charge in [-0.3, -0.25) is 10.1 Å². The number of hydrogen-bond donors (Lipinski definition) is 2. The van der Waals surface area contributed by atoms with Crippen molar-refractivity contribution in [2.75, 3.05) is 0 Å². The molecule has 0 spiro atoms. The van der Waals surface area contributed by atoms with Gasteiger partial charge in [-0.2, -0.15) is 0 Å². The Morgan fingerprint density at radius 3 is 2.50 bits per heavy atom. The van der Waals surface area contributed by atoms with Crippen LogP contribution in [-0.4, -0.2) is 23.2 Å². The molecule has 0 heterocycles. The summed E-state index contributed by atoms with van der Waals surface area (Å²) in [6.07, 6.45) is 0.0512. The summed E-state index contributed by atoms with van der Waals surface area (Å²) < 4.78 is 5.71. The zero-order chi connectivity index (χ0) is 15.3. The van der Waals surface area contributed by atoms with Crippen molar-refractivity contribution < 1.29 is 14.6 Å². The van der Waals surface area contributed by atoms with Gasteiger partial charge in [0.2, 0.25) is 0 Å². The summed E-state index contributed by atoms with van der Waals surface area (Å²) >= 11 is 5.99. The molecule has 0 radical (unpaired) electrons. The van der Waals surface area contributed by atoms with Gasteiger partial charge < -0.3 is 9.84 Å². The number of rotatable bonds is 7. The van der Waals surface area contributed by atoms with Crippen LogP contribution in [-0.2, 0) is 11.3 Å². The molecule has 0 aliphatic carbocycles. The number of carbonyl (C=O) groups is 1. The van der Waals surface area contributed by atoms with Gasteiger partial charge in [-0.05, 0) is 38.0 Å². The molecule has 1 rings (SSSR count). The molecular weight excluding hydrogens is 278 g/mol. The number of halogens is 1. The van der Waals surface area contributed by atoms with Gasteiger partial charge in [0.15, 0.2) is 0 Å². The van der Waals surface area contributed by atoms with E-state index in [1.165, 1.54) is 0 Å². The minimum atomic E-state index is -0.853. The predicted octanol–water partition coefficient (Wildman–Crippen LogP) is 3.33. The third-order valence-corrected chi connectivity index (χ3v) is 3.07. The van der Waals surface area contributed by atoms with Crippen LogP contribution in [0.1, 0.15) is 33.3 Å². The highest BCUT2D eigenvalue weighted by atomic mass is 35.5. The zero-order valence-corrected chi connectivity index (χ0v) is 13.1. The van der Waals surface area contributed by atoms with Crippen LogP contribution in [0.2, 0.25) is 5.02 Å². The Bertz CT molecular complexity index is 460. The van der Waals surface area contributed by atoms with Gasteiger partial charge in [0.05, 0.1) is 6.10 Å². The van der Waals surface area contributed by atoms with Crippen molar-refractivity contribution in [2.24, 2.45) is 5.92 Å². The average molecular weight is 300 g/mol. The maximum atomic E-state index is 11.2. The number of hydrogen-bond acceptors (Lipinski definition) is 3. The second-order valence-electron chi connectivity index (χ2n) is 5.36. The predicted molar refractivity (Wildman–Crippen MR) is 80.3 cm³/mol. The molecular formula is C15H22ClNO3. The monoisotopic (exact) mass is 299 g/mol. The Morgan fingerprint density at radius 1 is 1.35 bits per heavy atom. The Balaban J connectivity index is 2.84. The van der Waals surface area contributed by atoms with Crippen molar-refractivity contribution in [3.05, 3.63) is 28.8 Å². The lowest BCUT2D eigenvalue weighted by Crippen LogP contribution is -2.40. The number of ether oxygens (including phenoxy) is 1. The summed E-state index contributed by atoms with van der Waals surface area (Å²) in [5.74, 6) is -0.126.